The summed E-state index contributed by atoms with van der Waals surface area (Å²) in [5, 5.41) is 0. The van der Waals surface area contributed by atoms with Gasteiger partial charge < -0.3 is 0 Å². The molecule has 1 saturated carbocycles. The van der Waals surface area contributed by atoms with Crippen LogP contribution >= 0.6 is 0 Å². The Hall–Kier alpha value is -2.08. The molecule has 1 fully saturated rings. The van der Waals surface area contributed by atoms with E-state index in [-0.39, 0.29) is 0 Å². The topological polar surface area (TPSA) is 0 Å². The highest BCUT2D eigenvalue weighted by Gasteiger charge is 2.47. The van der Waals surface area contributed by atoms with E-state index in [2.05, 4.69) is 72.8 Å². The van der Waals surface area contributed by atoms with Crippen LogP contribution in [0.25, 0.3) is 11.1 Å². The Morgan fingerprint density at radius 3 is 2.00 bits per heavy atom. The van der Waals surface area contributed by atoms with Gasteiger partial charge in [-0.1, -0.05) is 72.8 Å². The van der Waals surface area contributed by atoms with Crippen LogP contribution in [0.5, 0.6) is 0 Å². The minimum atomic E-state index is 0.420. The van der Waals surface area contributed by atoms with Gasteiger partial charge in [0.05, 0.1) is 0 Å². The molecule has 3 aliphatic carbocycles. The van der Waals surface area contributed by atoms with Gasteiger partial charge in [-0.25, -0.2) is 0 Å². The van der Waals surface area contributed by atoms with Gasteiger partial charge in [0.25, 0.3) is 0 Å². The van der Waals surface area contributed by atoms with Crippen LogP contribution in [0.3, 0.4) is 0 Å². The normalized spacial score (nSPS) is 26.3. The molecule has 0 amide bonds. The van der Waals surface area contributed by atoms with E-state index < -0.39 is 0 Å². The number of allylic oxidation sites excluding steroid dienone is 4. The van der Waals surface area contributed by atoms with Gasteiger partial charge in [0.15, 0.2) is 0 Å². The Morgan fingerprint density at radius 2 is 1.38 bits per heavy atom. The van der Waals surface area contributed by atoms with Crippen molar-refractivity contribution in [1.29, 1.82) is 0 Å². The van der Waals surface area contributed by atoms with Crippen LogP contribution < -0.4 is 0 Å². The van der Waals surface area contributed by atoms with Crippen molar-refractivity contribution in [3.63, 3.8) is 0 Å². The quantitative estimate of drug-likeness (QED) is 0.549. The van der Waals surface area contributed by atoms with E-state index in [1.54, 1.807) is 11.1 Å². The van der Waals surface area contributed by atoms with E-state index in [1.807, 2.05) is 0 Å². The average Bonchev–Trinajstić information content (AvgIpc) is 2.86. The van der Waals surface area contributed by atoms with E-state index in [1.165, 1.54) is 49.7 Å². The smallest absolute Gasteiger partial charge is 0.00748 e. The fourth-order valence-corrected chi connectivity index (χ4v) is 5.51. The van der Waals surface area contributed by atoms with Crippen molar-refractivity contribution in [2.75, 3.05) is 0 Å². The molecule has 1 atom stereocenters. The summed E-state index contributed by atoms with van der Waals surface area (Å²) in [5.41, 5.74) is 6.88. The fraction of sp³-hybridized carbons (Fsp3) is 0.333. The first kappa shape index (κ1) is 14.3. The Morgan fingerprint density at radius 1 is 0.708 bits per heavy atom. The summed E-state index contributed by atoms with van der Waals surface area (Å²) in [4.78, 5) is 0. The lowest BCUT2D eigenvalue weighted by Gasteiger charge is -2.33. The molecule has 2 aromatic rings. The van der Waals surface area contributed by atoms with Crippen molar-refractivity contribution in [2.24, 2.45) is 10.8 Å². The molecule has 0 radical (unpaired) electrons. The molecule has 0 aliphatic heterocycles. The highest BCUT2D eigenvalue weighted by molar-refractivity contribution is 5.72. The molecule has 5 rings (SSSR count). The lowest BCUT2D eigenvalue weighted by atomic mass is 9.71. The summed E-state index contributed by atoms with van der Waals surface area (Å²) in [7, 11) is 0. The van der Waals surface area contributed by atoms with Crippen molar-refractivity contribution in [3.8, 4) is 11.1 Å². The zero-order chi connectivity index (χ0) is 16.0. The first-order valence-electron chi connectivity index (χ1n) is 9.28. The number of fused-ring (bicyclic) bond motifs is 3. The van der Waals surface area contributed by atoms with E-state index in [4.69, 9.17) is 0 Å². The van der Waals surface area contributed by atoms with Crippen molar-refractivity contribution < 1.29 is 0 Å². The molecular weight excluding hydrogens is 288 g/mol. The predicted octanol–water partition coefficient (Wildman–Crippen LogP) is 6.13. The molecule has 1 unspecified atom stereocenters. The van der Waals surface area contributed by atoms with Gasteiger partial charge >= 0.3 is 0 Å². The monoisotopic (exact) mass is 312 g/mol. The molecule has 0 aromatic heterocycles. The van der Waals surface area contributed by atoms with Crippen LogP contribution in [0.1, 0.15) is 36.8 Å². The first-order chi connectivity index (χ1) is 11.8. The summed E-state index contributed by atoms with van der Waals surface area (Å²) in [5.74, 6) is 0. The van der Waals surface area contributed by atoms with Crippen LogP contribution in [0, 0.1) is 10.8 Å². The van der Waals surface area contributed by atoms with Crippen LogP contribution in [-0.4, -0.2) is 0 Å². The molecule has 2 aromatic carbocycles. The summed E-state index contributed by atoms with van der Waals surface area (Å²) < 4.78 is 0. The fourth-order valence-electron chi connectivity index (χ4n) is 5.51. The van der Waals surface area contributed by atoms with Crippen LogP contribution in [0.4, 0.5) is 0 Å². The second kappa shape index (κ2) is 5.21. The molecule has 0 N–H and O–H groups in total. The van der Waals surface area contributed by atoms with Crippen molar-refractivity contribution in [1.82, 2.24) is 0 Å². The lowest BCUT2D eigenvalue weighted by Crippen LogP contribution is -2.25. The van der Waals surface area contributed by atoms with E-state index in [9.17, 15) is 0 Å². The van der Waals surface area contributed by atoms with Crippen LogP contribution in [0.2, 0.25) is 0 Å². The third kappa shape index (κ3) is 2.20. The summed E-state index contributed by atoms with van der Waals surface area (Å²) in [6.07, 6.45) is 17.1. The second-order valence-corrected chi connectivity index (χ2v) is 8.20. The van der Waals surface area contributed by atoms with Crippen molar-refractivity contribution in [3.05, 3.63) is 84.0 Å². The van der Waals surface area contributed by atoms with Crippen molar-refractivity contribution in [2.45, 2.75) is 38.5 Å². The Kier molecular flexibility index (Phi) is 3.10. The maximum atomic E-state index is 2.50. The zero-order valence-corrected chi connectivity index (χ0v) is 14.2. The maximum absolute atomic E-state index is 2.50. The molecule has 0 nitrogen and oxygen atoms in total. The molecule has 3 aliphatic rings. The summed E-state index contributed by atoms with van der Waals surface area (Å²) >= 11 is 0. The molecule has 0 heterocycles. The van der Waals surface area contributed by atoms with Gasteiger partial charge in [-0.05, 0) is 71.6 Å². The zero-order valence-electron chi connectivity index (χ0n) is 14.2. The summed E-state index contributed by atoms with van der Waals surface area (Å²) in [6, 6.07) is 18.2. The molecule has 120 valence electrons. The minimum Gasteiger partial charge on any atom is -0.0837 e. The minimum absolute atomic E-state index is 0.420. The number of hydrogen-bond donors (Lipinski definition) is 0. The SMILES string of the molecule is C1=CCC2(C=C1)CCC1(Cc3ccccc3-c3ccccc3C1)C2. The number of hydrogen-bond acceptors (Lipinski definition) is 0. The van der Waals surface area contributed by atoms with Crippen molar-refractivity contribution >= 4 is 0 Å². The second-order valence-electron chi connectivity index (χ2n) is 8.20. The molecule has 0 saturated heterocycles. The largest absolute Gasteiger partial charge is 0.0837 e. The van der Waals surface area contributed by atoms with E-state index >= 15 is 0 Å². The van der Waals surface area contributed by atoms with Gasteiger partial charge in [-0.2, -0.15) is 0 Å². The molecule has 2 spiro atoms. The maximum Gasteiger partial charge on any atom is -0.00748 e. The summed E-state index contributed by atoms with van der Waals surface area (Å²) in [6.45, 7) is 0. The Balaban J connectivity index is 1.61. The van der Waals surface area contributed by atoms with Crippen LogP contribution in [0.15, 0.2) is 72.8 Å². The molecule has 0 bridgehead atoms. The highest BCUT2D eigenvalue weighted by Crippen LogP contribution is 2.57. The Bertz CT molecular complexity index is 791. The average molecular weight is 312 g/mol. The van der Waals surface area contributed by atoms with Gasteiger partial charge in [-0.15, -0.1) is 0 Å². The third-order valence-corrected chi connectivity index (χ3v) is 6.56. The highest BCUT2D eigenvalue weighted by atomic mass is 14.5. The standard InChI is InChI=1S/C24H24/c1-6-12-23(13-7-1)14-15-24(18-23)16-19-8-2-4-10-21(19)22-11-5-3-9-20(22)17-24/h1-12H,13-18H2. The van der Waals surface area contributed by atoms with Gasteiger partial charge in [0.2, 0.25) is 0 Å². The molecular formula is C24H24. The number of benzene rings is 2. The number of rotatable bonds is 0. The van der Waals surface area contributed by atoms with E-state index in [0.717, 1.165) is 0 Å². The van der Waals surface area contributed by atoms with E-state index in [0.29, 0.717) is 10.8 Å². The Labute approximate surface area is 144 Å². The predicted molar refractivity (Wildman–Crippen MR) is 101 cm³/mol. The first-order valence-corrected chi connectivity index (χ1v) is 9.28. The third-order valence-electron chi connectivity index (χ3n) is 6.56. The van der Waals surface area contributed by atoms with Gasteiger partial charge in [-0.3, -0.25) is 0 Å². The lowest BCUT2D eigenvalue weighted by molar-refractivity contribution is 0.256. The van der Waals surface area contributed by atoms with Gasteiger partial charge in [0, 0.05) is 0 Å². The van der Waals surface area contributed by atoms with Crippen LogP contribution in [-0.2, 0) is 12.8 Å². The van der Waals surface area contributed by atoms with Gasteiger partial charge in [0.1, 0.15) is 0 Å². The molecule has 0 heteroatoms. The molecule has 24 heavy (non-hydrogen) atoms.